The van der Waals surface area contributed by atoms with Crippen LogP contribution in [-0.2, 0) is 19.6 Å². The largest absolute Gasteiger partial charge is 0.475 e. The first kappa shape index (κ1) is 18.8. The molecule has 0 aliphatic carbocycles. The summed E-state index contributed by atoms with van der Waals surface area (Å²) in [6, 6.07) is 10.3. The smallest absolute Gasteiger partial charge is 0.349 e. The van der Waals surface area contributed by atoms with Crippen molar-refractivity contribution >= 4 is 44.9 Å². The number of ether oxygens (including phenoxy) is 2. The predicted molar refractivity (Wildman–Crippen MR) is 98.5 cm³/mol. The van der Waals surface area contributed by atoms with Crippen molar-refractivity contribution in [3.05, 3.63) is 52.5 Å². The van der Waals surface area contributed by atoms with E-state index in [1.54, 1.807) is 13.0 Å². The fourth-order valence-electron chi connectivity index (χ4n) is 2.54. The van der Waals surface area contributed by atoms with Gasteiger partial charge in [-0.25, -0.2) is 13.2 Å². The number of esters is 1. The molecule has 0 N–H and O–H groups in total. The number of sulfonamides is 1. The SMILES string of the molecule is CCOC(=O)C1CN(S(=O)(=O)c2ccc(Cl)cc2)c2cc(Cl)ccc2O1. The van der Waals surface area contributed by atoms with Crippen molar-refractivity contribution < 1.29 is 22.7 Å². The van der Waals surface area contributed by atoms with Crippen LogP contribution in [0.4, 0.5) is 5.69 Å². The summed E-state index contributed by atoms with van der Waals surface area (Å²) in [5, 5.41) is 0.761. The monoisotopic (exact) mass is 415 g/mol. The normalized spacial score (nSPS) is 16.6. The molecule has 0 saturated heterocycles. The third-order valence-electron chi connectivity index (χ3n) is 3.74. The summed E-state index contributed by atoms with van der Waals surface area (Å²) in [6.45, 7) is 1.60. The molecule has 9 heteroatoms. The summed E-state index contributed by atoms with van der Waals surface area (Å²) in [6.07, 6.45) is -1.08. The number of carbonyl (C=O) groups excluding carboxylic acids is 1. The van der Waals surface area contributed by atoms with Crippen LogP contribution in [0.3, 0.4) is 0 Å². The minimum Gasteiger partial charge on any atom is -0.475 e. The molecule has 1 atom stereocenters. The molecule has 0 spiro atoms. The number of rotatable bonds is 4. The van der Waals surface area contributed by atoms with Crippen LogP contribution in [0.25, 0.3) is 0 Å². The molecule has 26 heavy (non-hydrogen) atoms. The van der Waals surface area contributed by atoms with Crippen LogP contribution in [-0.4, -0.2) is 33.6 Å². The molecule has 3 rings (SSSR count). The third-order valence-corrected chi connectivity index (χ3v) is 6.02. The predicted octanol–water partition coefficient (Wildman–Crippen LogP) is 3.51. The molecule has 1 aliphatic heterocycles. The highest BCUT2D eigenvalue weighted by atomic mass is 35.5. The van der Waals surface area contributed by atoms with Gasteiger partial charge in [-0.15, -0.1) is 0 Å². The van der Waals surface area contributed by atoms with Gasteiger partial charge in [0.15, 0.2) is 0 Å². The number of halogens is 2. The maximum absolute atomic E-state index is 13.1. The fraction of sp³-hybridized carbons (Fsp3) is 0.235. The van der Waals surface area contributed by atoms with Gasteiger partial charge in [0.25, 0.3) is 10.0 Å². The van der Waals surface area contributed by atoms with Crippen molar-refractivity contribution in [2.75, 3.05) is 17.5 Å². The fourth-order valence-corrected chi connectivity index (χ4v) is 4.30. The van der Waals surface area contributed by atoms with Gasteiger partial charge in [0, 0.05) is 10.0 Å². The molecule has 0 aromatic heterocycles. The summed E-state index contributed by atoms with van der Waals surface area (Å²) < 4.78 is 38.0. The lowest BCUT2D eigenvalue weighted by Gasteiger charge is -2.34. The second-order valence-electron chi connectivity index (χ2n) is 5.46. The van der Waals surface area contributed by atoms with E-state index in [0.717, 1.165) is 4.31 Å². The molecular weight excluding hydrogens is 401 g/mol. The van der Waals surface area contributed by atoms with Crippen LogP contribution in [0.2, 0.25) is 10.0 Å². The molecule has 0 saturated carbocycles. The highest BCUT2D eigenvalue weighted by Gasteiger charge is 2.38. The average molecular weight is 416 g/mol. The highest BCUT2D eigenvalue weighted by Crippen LogP contribution is 2.39. The van der Waals surface area contributed by atoms with Gasteiger partial charge in [-0.3, -0.25) is 4.31 Å². The van der Waals surface area contributed by atoms with E-state index in [1.807, 2.05) is 0 Å². The number of anilines is 1. The minimum absolute atomic E-state index is 0.0392. The maximum Gasteiger partial charge on any atom is 0.349 e. The van der Waals surface area contributed by atoms with Crippen LogP contribution in [0.5, 0.6) is 5.75 Å². The zero-order chi connectivity index (χ0) is 18.9. The van der Waals surface area contributed by atoms with Crippen molar-refractivity contribution in [1.82, 2.24) is 0 Å². The van der Waals surface area contributed by atoms with Crippen molar-refractivity contribution in [1.29, 1.82) is 0 Å². The first-order valence-corrected chi connectivity index (χ1v) is 9.93. The summed E-state index contributed by atoms with van der Waals surface area (Å²) in [4.78, 5) is 12.2. The Labute approximate surface area is 161 Å². The van der Waals surface area contributed by atoms with Gasteiger partial charge in [-0.1, -0.05) is 23.2 Å². The number of carbonyl (C=O) groups is 1. The van der Waals surface area contributed by atoms with Crippen LogP contribution in [0.15, 0.2) is 47.4 Å². The van der Waals surface area contributed by atoms with Crippen molar-refractivity contribution in [3.63, 3.8) is 0 Å². The van der Waals surface area contributed by atoms with Gasteiger partial charge >= 0.3 is 5.97 Å². The Morgan fingerprint density at radius 1 is 1.19 bits per heavy atom. The molecule has 0 amide bonds. The van der Waals surface area contributed by atoms with E-state index in [4.69, 9.17) is 32.7 Å². The van der Waals surface area contributed by atoms with Crippen molar-refractivity contribution in [2.24, 2.45) is 0 Å². The Morgan fingerprint density at radius 2 is 1.85 bits per heavy atom. The molecule has 0 bridgehead atoms. The van der Waals surface area contributed by atoms with Gasteiger partial charge in [0.2, 0.25) is 6.10 Å². The van der Waals surface area contributed by atoms with Gasteiger partial charge in [0.05, 0.1) is 23.7 Å². The quantitative estimate of drug-likeness (QED) is 0.714. The standard InChI is InChI=1S/C17H15Cl2NO5S/c1-2-24-17(21)16-10-20(14-9-12(19)5-8-15(14)25-16)26(22,23)13-6-3-11(18)4-7-13/h3-9,16H,2,10H2,1H3. The first-order chi connectivity index (χ1) is 12.3. The summed E-state index contributed by atoms with van der Waals surface area (Å²) in [5.41, 5.74) is 0.257. The van der Waals surface area contributed by atoms with E-state index in [1.165, 1.54) is 36.4 Å². The zero-order valence-electron chi connectivity index (χ0n) is 13.7. The van der Waals surface area contributed by atoms with Gasteiger partial charge in [-0.05, 0) is 49.4 Å². The summed E-state index contributed by atoms with van der Waals surface area (Å²) >= 11 is 11.9. The lowest BCUT2D eigenvalue weighted by atomic mass is 10.2. The number of hydrogen-bond acceptors (Lipinski definition) is 5. The topological polar surface area (TPSA) is 72.9 Å². The highest BCUT2D eigenvalue weighted by molar-refractivity contribution is 7.92. The van der Waals surface area contributed by atoms with E-state index in [9.17, 15) is 13.2 Å². The third kappa shape index (κ3) is 3.60. The summed E-state index contributed by atoms with van der Waals surface area (Å²) in [7, 11) is -3.96. The number of nitrogens with zero attached hydrogens (tertiary/aromatic N) is 1. The molecule has 138 valence electrons. The Morgan fingerprint density at radius 3 is 2.50 bits per heavy atom. The van der Waals surface area contributed by atoms with E-state index in [0.29, 0.717) is 10.0 Å². The van der Waals surface area contributed by atoms with Crippen LogP contribution in [0.1, 0.15) is 6.92 Å². The van der Waals surface area contributed by atoms with E-state index >= 15 is 0 Å². The minimum atomic E-state index is -3.96. The second-order valence-corrected chi connectivity index (χ2v) is 8.20. The van der Waals surface area contributed by atoms with Gasteiger partial charge in [-0.2, -0.15) is 0 Å². The molecule has 6 nitrogen and oxygen atoms in total. The lowest BCUT2D eigenvalue weighted by molar-refractivity contribution is -0.151. The Hall–Kier alpha value is -1.96. The molecule has 2 aromatic rings. The Balaban J connectivity index is 2.07. The second kappa shape index (κ2) is 7.34. The Bertz CT molecular complexity index is 931. The number of fused-ring (bicyclic) bond motifs is 1. The zero-order valence-corrected chi connectivity index (χ0v) is 16.0. The molecule has 1 unspecified atom stereocenters. The first-order valence-electron chi connectivity index (χ1n) is 7.74. The number of benzene rings is 2. The number of hydrogen-bond donors (Lipinski definition) is 0. The summed E-state index contributed by atoms with van der Waals surface area (Å²) in [5.74, 6) is -0.402. The molecule has 0 radical (unpaired) electrons. The molecule has 0 fully saturated rings. The van der Waals surface area contributed by atoms with Gasteiger partial charge in [0.1, 0.15) is 5.75 Å². The molecule has 1 heterocycles. The van der Waals surface area contributed by atoms with Crippen molar-refractivity contribution in [3.8, 4) is 5.75 Å². The van der Waals surface area contributed by atoms with Crippen molar-refractivity contribution in [2.45, 2.75) is 17.9 Å². The van der Waals surface area contributed by atoms with Crippen LogP contribution >= 0.6 is 23.2 Å². The van der Waals surface area contributed by atoms with E-state index in [2.05, 4.69) is 0 Å². The van der Waals surface area contributed by atoms with E-state index < -0.39 is 22.1 Å². The molecular formula is C17H15Cl2NO5S. The average Bonchev–Trinajstić information content (AvgIpc) is 2.61. The lowest BCUT2D eigenvalue weighted by Crippen LogP contribution is -2.47. The molecule has 1 aliphatic rings. The Kier molecular flexibility index (Phi) is 5.32. The molecule has 2 aromatic carbocycles. The van der Waals surface area contributed by atoms with Crippen LogP contribution < -0.4 is 9.04 Å². The maximum atomic E-state index is 13.1. The van der Waals surface area contributed by atoms with E-state index in [-0.39, 0.29) is 29.5 Å². The van der Waals surface area contributed by atoms with Gasteiger partial charge < -0.3 is 9.47 Å². The van der Waals surface area contributed by atoms with Crippen LogP contribution in [0, 0.1) is 0 Å².